The van der Waals surface area contributed by atoms with Crippen molar-refractivity contribution in [1.29, 1.82) is 0 Å². The first-order valence-electron chi connectivity index (χ1n) is 13.2. The molecule has 0 spiro atoms. The number of hydrogen-bond donors (Lipinski definition) is 3. The van der Waals surface area contributed by atoms with Crippen LogP contribution in [0.15, 0.2) is 36.9 Å². The molecule has 1 saturated heterocycles. The Balaban J connectivity index is 1.21. The molecular weight excluding hydrogens is 468 g/mol. The van der Waals surface area contributed by atoms with Crippen molar-refractivity contribution in [2.75, 3.05) is 32.6 Å². The number of hydrogen-bond acceptors (Lipinski definition) is 7. The molecule has 0 bridgehead atoms. The van der Waals surface area contributed by atoms with Gasteiger partial charge in [0.25, 0.3) is 5.91 Å². The zero-order chi connectivity index (χ0) is 25.4. The number of carbonyl (C=O) groups is 1. The molecule has 0 aromatic carbocycles. The number of aromatic nitrogens is 5. The van der Waals surface area contributed by atoms with Gasteiger partial charge >= 0.3 is 0 Å². The van der Waals surface area contributed by atoms with Crippen LogP contribution in [0.2, 0.25) is 0 Å². The van der Waals surface area contributed by atoms with Gasteiger partial charge in [-0.25, -0.2) is 9.50 Å². The van der Waals surface area contributed by atoms with E-state index < -0.39 is 0 Å². The monoisotopic (exact) mass is 502 g/mol. The lowest BCUT2D eigenvalue weighted by Crippen LogP contribution is -2.38. The summed E-state index contributed by atoms with van der Waals surface area (Å²) < 4.78 is 7.20. The number of nitrogens with one attached hydrogen (secondary N) is 3. The fourth-order valence-corrected chi connectivity index (χ4v) is 5.58. The molecule has 0 unspecified atom stereocenters. The smallest absolute Gasteiger partial charge is 0.255 e. The van der Waals surface area contributed by atoms with Gasteiger partial charge in [0, 0.05) is 48.7 Å². The molecule has 6 rings (SSSR count). The molecule has 0 radical (unpaired) electrons. The standard InChI is InChI=1S/C27H34N8O2/c1-34-10-8-19(9-11-34)32-27-29-15-22-21(14-28-25(22)33-27)17-7-12-35-24(13-17)23(16-30-35)26(36)31-18-3-5-20(37-2)6-4-18/h7,12-16,18-20H,3-6,8-11H2,1-2H3,(H,31,36)(H2,28,29,32,33). The molecule has 5 heterocycles. The largest absolute Gasteiger partial charge is 0.381 e. The number of carbonyl (C=O) groups excluding carboxylic acids is 1. The Bertz CT molecular complexity index is 1400. The molecule has 10 nitrogen and oxygen atoms in total. The van der Waals surface area contributed by atoms with Crippen molar-refractivity contribution in [3.8, 4) is 11.1 Å². The van der Waals surface area contributed by atoms with Crippen LogP contribution in [0.1, 0.15) is 48.9 Å². The molecule has 0 atom stereocenters. The topological polar surface area (TPSA) is 112 Å². The van der Waals surface area contributed by atoms with Gasteiger partial charge in [0.2, 0.25) is 5.95 Å². The van der Waals surface area contributed by atoms with Crippen LogP contribution in [0, 0.1) is 0 Å². The third-order valence-corrected chi connectivity index (χ3v) is 7.90. The summed E-state index contributed by atoms with van der Waals surface area (Å²) in [7, 11) is 3.91. The number of amides is 1. The number of nitrogens with zero attached hydrogens (tertiary/aromatic N) is 5. The first-order valence-corrected chi connectivity index (χ1v) is 13.2. The molecule has 1 amide bonds. The summed E-state index contributed by atoms with van der Waals surface area (Å²) in [4.78, 5) is 28.1. The van der Waals surface area contributed by atoms with Gasteiger partial charge in [-0.05, 0) is 76.4 Å². The van der Waals surface area contributed by atoms with Gasteiger partial charge in [0.1, 0.15) is 5.65 Å². The number of likely N-dealkylation sites (tertiary alicyclic amines) is 1. The predicted molar refractivity (Wildman–Crippen MR) is 143 cm³/mol. The van der Waals surface area contributed by atoms with E-state index in [0.717, 1.165) is 79.3 Å². The van der Waals surface area contributed by atoms with Crippen molar-refractivity contribution >= 4 is 28.4 Å². The van der Waals surface area contributed by atoms with Crippen molar-refractivity contribution in [1.82, 2.24) is 34.8 Å². The summed E-state index contributed by atoms with van der Waals surface area (Å²) in [6.07, 6.45) is 13.6. The lowest BCUT2D eigenvalue weighted by molar-refractivity contribution is 0.0599. The second kappa shape index (κ2) is 10.1. The zero-order valence-corrected chi connectivity index (χ0v) is 21.4. The van der Waals surface area contributed by atoms with Gasteiger partial charge in [-0.15, -0.1) is 0 Å². The number of ether oxygens (including phenoxy) is 1. The summed E-state index contributed by atoms with van der Waals surface area (Å²) >= 11 is 0. The highest BCUT2D eigenvalue weighted by molar-refractivity contribution is 6.02. The molecule has 4 aromatic heterocycles. The molecule has 1 aliphatic heterocycles. The number of aromatic amines is 1. The van der Waals surface area contributed by atoms with Crippen LogP contribution < -0.4 is 10.6 Å². The van der Waals surface area contributed by atoms with Crippen molar-refractivity contribution < 1.29 is 9.53 Å². The Labute approximate surface area is 215 Å². The van der Waals surface area contributed by atoms with Crippen LogP contribution in [0.4, 0.5) is 5.95 Å². The van der Waals surface area contributed by atoms with Gasteiger partial charge in [0.05, 0.1) is 23.4 Å². The Morgan fingerprint density at radius 2 is 1.92 bits per heavy atom. The second-order valence-electron chi connectivity index (χ2n) is 10.4. The van der Waals surface area contributed by atoms with E-state index in [-0.39, 0.29) is 11.9 Å². The number of anilines is 1. The number of methoxy groups -OCH3 is 1. The first kappa shape index (κ1) is 23.9. The Morgan fingerprint density at radius 1 is 1.11 bits per heavy atom. The van der Waals surface area contributed by atoms with Crippen LogP contribution in [0.5, 0.6) is 0 Å². The van der Waals surface area contributed by atoms with E-state index >= 15 is 0 Å². The maximum absolute atomic E-state index is 13.1. The summed E-state index contributed by atoms with van der Waals surface area (Å²) in [6.45, 7) is 2.16. The minimum atomic E-state index is -0.0834. The Kier molecular flexibility index (Phi) is 6.52. The lowest BCUT2D eigenvalue weighted by Gasteiger charge is -2.29. The van der Waals surface area contributed by atoms with Gasteiger partial charge in [0.15, 0.2) is 0 Å². The summed E-state index contributed by atoms with van der Waals surface area (Å²) in [5.74, 6) is 0.570. The molecule has 10 heteroatoms. The van der Waals surface area contributed by atoms with E-state index in [0.29, 0.717) is 23.7 Å². The van der Waals surface area contributed by atoms with Gasteiger partial charge in [-0.1, -0.05) is 0 Å². The molecule has 194 valence electrons. The summed E-state index contributed by atoms with van der Waals surface area (Å²) in [6, 6.07) is 4.57. The highest BCUT2D eigenvalue weighted by atomic mass is 16.5. The quantitative estimate of drug-likeness (QED) is 0.370. The van der Waals surface area contributed by atoms with Gasteiger partial charge < -0.3 is 25.3 Å². The highest BCUT2D eigenvalue weighted by Crippen LogP contribution is 2.30. The van der Waals surface area contributed by atoms with Crippen LogP contribution in [-0.4, -0.2) is 80.8 Å². The molecule has 4 aromatic rings. The van der Waals surface area contributed by atoms with Gasteiger partial charge in [-0.3, -0.25) is 4.79 Å². The fourth-order valence-electron chi connectivity index (χ4n) is 5.58. The van der Waals surface area contributed by atoms with Gasteiger partial charge in [-0.2, -0.15) is 10.1 Å². The third kappa shape index (κ3) is 4.91. The molecule has 37 heavy (non-hydrogen) atoms. The number of pyridine rings is 1. The number of H-pyrrole nitrogens is 1. The van der Waals surface area contributed by atoms with E-state index in [1.165, 1.54) is 0 Å². The van der Waals surface area contributed by atoms with Crippen LogP contribution in [0.3, 0.4) is 0 Å². The Morgan fingerprint density at radius 3 is 2.70 bits per heavy atom. The second-order valence-corrected chi connectivity index (χ2v) is 10.4. The SMILES string of the molecule is COC1CCC(NC(=O)c2cnn3ccc(-c4c[nH]c5nc(NC6CCN(C)CC6)ncc45)cc23)CC1. The molecule has 1 saturated carbocycles. The van der Waals surface area contributed by atoms with E-state index in [1.54, 1.807) is 17.8 Å². The van der Waals surface area contributed by atoms with Crippen LogP contribution in [-0.2, 0) is 4.74 Å². The fraction of sp³-hybridized carbons (Fsp3) is 0.481. The van der Waals surface area contributed by atoms with E-state index in [4.69, 9.17) is 9.72 Å². The number of fused-ring (bicyclic) bond motifs is 2. The van der Waals surface area contributed by atoms with Crippen molar-refractivity contribution in [2.45, 2.75) is 56.7 Å². The molecule has 2 fully saturated rings. The minimum Gasteiger partial charge on any atom is -0.381 e. The maximum Gasteiger partial charge on any atom is 0.255 e. The average molecular weight is 503 g/mol. The van der Waals surface area contributed by atoms with Crippen molar-refractivity contribution in [3.63, 3.8) is 0 Å². The van der Waals surface area contributed by atoms with Crippen LogP contribution >= 0.6 is 0 Å². The summed E-state index contributed by atoms with van der Waals surface area (Å²) in [5, 5.41) is 12.0. The predicted octanol–water partition coefficient (Wildman–Crippen LogP) is 3.47. The van der Waals surface area contributed by atoms with E-state index in [9.17, 15) is 4.79 Å². The molecule has 2 aliphatic rings. The highest BCUT2D eigenvalue weighted by Gasteiger charge is 2.24. The number of piperidine rings is 1. The zero-order valence-electron chi connectivity index (χ0n) is 21.4. The first-order chi connectivity index (χ1) is 18.1. The summed E-state index contributed by atoms with van der Waals surface area (Å²) in [5.41, 5.74) is 4.12. The Hall–Kier alpha value is -3.50. The van der Waals surface area contributed by atoms with E-state index in [2.05, 4.69) is 37.6 Å². The third-order valence-electron chi connectivity index (χ3n) is 7.90. The van der Waals surface area contributed by atoms with Crippen molar-refractivity contribution in [2.24, 2.45) is 0 Å². The van der Waals surface area contributed by atoms with Crippen LogP contribution in [0.25, 0.3) is 27.7 Å². The molecule has 1 aliphatic carbocycles. The lowest BCUT2D eigenvalue weighted by atomic mass is 9.93. The maximum atomic E-state index is 13.1. The average Bonchev–Trinajstić information content (AvgIpc) is 3.54. The minimum absolute atomic E-state index is 0.0834. The number of rotatable bonds is 6. The van der Waals surface area contributed by atoms with Crippen molar-refractivity contribution in [3.05, 3.63) is 42.5 Å². The molecular formula is C27H34N8O2. The molecule has 3 N–H and O–H groups in total. The normalized spacial score (nSPS) is 21.5. The van der Waals surface area contributed by atoms with E-state index in [1.807, 2.05) is 30.7 Å².